The van der Waals surface area contributed by atoms with Crippen LogP contribution in [0.2, 0.25) is 0 Å². The van der Waals surface area contributed by atoms with Crippen LogP contribution in [0.5, 0.6) is 0 Å². The number of carbonyl (C=O) groups is 1. The van der Waals surface area contributed by atoms with E-state index >= 15 is 0 Å². The second-order valence-corrected chi connectivity index (χ2v) is 3.48. The van der Waals surface area contributed by atoms with Gasteiger partial charge in [0.05, 0.1) is 19.8 Å². The van der Waals surface area contributed by atoms with Gasteiger partial charge in [-0.25, -0.2) is 0 Å². The van der Waals surface area contributed by atoms with Crippen molar-refractivity contribution in [1.82, 2.24) is 10.2 Å². The number of aliphatic hydroxyl groups excluding tert-OH is 2. The Morgan fingerprint density at radius 2 is 1.86 bits per heavy atom. The lowest BCUT2D eigenvalue weighted by Gasteiger charge is -2.20. The van der Waals surface area contributed by atoms with Gasteiger partial charge in [0.25, 0.3) is 0 Å². The molecule has 1 aliphatic rings. The zero-order valence-electron chi connectivity index (χ0n) is 8.28. The highest BCUT2D eigenvalue weighted by atomic mass is 16.3. The molecule has 1 rings (SSSR count). The van der Waals surface area contributed by atoms with Gasteiger partial charge in [-0.3, -0.25) is 4.79 Å². The molecule has 0 atom stereocenters. The van der Waals surface area contributed by atoms with E-state index in [0.29, 0.717) is 25.7 Å². The Balaban J connectivity index is 2.20. The zero-order chi connectivity index (χ0) is 10.4. The van der Waals surface area contributed by atoms with Gasteiger partial charge in [-0.2, -0.15) is 0 Å². The van der Waals surface area contributed by atoms with Crippen LogP contribution in [-0.2, 0) is 4.79 Å². The molecular weight excluding hydrogens is 184 g/mol. The van der Waals surface area contributed by atoms with E-state index in [9.17, 15) is 4.79 Å². The molecule has 1 fully saturated rings. The van der Waals surface area contributed by atoms with Gasteiger partial charge in [0.15, 0.2) is 0 Å². The standard InChI is InChI=1S/C9H18N2O3/c12-5-3-11(4-6-13)9(14)7-10-8-1-2-8/h8,10,12-13H,1-7H2. The lowest BCUT2D eigenvalue weighted by molar-refractivity contribution is -0.131. The number of nitrogens with zero attached hydrogens (tertiary/aromatic N) is 1. The molecule has 0 aromatic heterocycles. The molecule has 82 valence electrons. The van der Waals surface area contributed by atoms with E-state index in [2.05, 4.69) is 5.32 Å². The van der Waals surface area contributed by atoms with Crippen molar-refractivity contribution in [2.24, 2.45) is 0 Å². The lowest BCUT2D eigenvalue weighted by atomic mass is 10.4. The fraction of sp³-hybridized carbons (Fsp3) is 0.889. The third-order valence-corrected chi connectivity index (χ3v) is 2.21. The van der Waals surface area contributed by atoms with Crippen molar-refractivity contribution in [2.75, 3.05) is 32.8 Å². The number of carbonyl (C=O) groups excluding carboxylic acids is 1. The fourth-order valence-corrected chi connectivity index (χ4v) is 1.23. The average molecular weight is 202 g/mol. The lowest BCUT2D eigenvalue weighted by Crippen LogP contribution is -2.41. The first-order valence-corrected chi connectivity index (χ1v) is 5.00. The quantitative estimate of drug-likeness (QED) is 0.472. The van der Waals surface area contributed by atoms with E-state index in [4.69, 9.17) is 10.2 Å². The molecular formula is C9H18N2O3. The molecule has 14 heavy (non-hydrogen) atoms. The minimum Gasteiger partial charge on any atom is -0.395 e. The third kappa shape index (κ3) is 4.04. The summed E-state index contributed by atoms with van der Waals surface area (Å²) in [5.74, 6) is -0.0556. The molecule has 0 aromatic rings. The van der Waals surface area contributed by atoms with Gasteiger partial charge in [0.1, 0.15) is 0 Å². The Bertz CT molecular complexity index is 177. The summed E-state index contributed by atoms with van der Waals surface area (Å²) >= 11 is 0. The Hall–Kier alpha value is -0.650. The van der Waals surface area contributed by atoms with E-state index in [1.165, 1.54) is 4.90 Å². The molecule has 1 amide bonds. The molecule has 0 unspecified atom stereocenters. The second-order valence-electron chi connectivity index (χ2n) is 3.48. The Kier molecular flexibility index (Phi) is 4.86. The van der Waals surface area contributed by atoms with Crippen molar-refractivity contribution in [3.8, 4) is 0 Å². The van der Waals surface area contributed by atoms with Crippen LogP contribution in [0, 0.1) is 0 Å². The van der Waals surface area contributed by atoms with Crippen molar-refractivity contribution in [3.05, 3.63) is 0 Å². The van der Waals surface area contributed by atoms with Crippen molar-refractivity contribution in [2.45, 2.75) is 18.9 Å². The SMILES string of the molecule is O=C(CNC1CC1)N(CCO)CCO. The Morgan fingerprint density at radius 1 is 1.29 bits per heavy atom. The van der Waals surface area contributed by atoms with Crippen molar-refractivity contribution in [1.29, 1.82) is 0 Å². The summed E-state index contributed by atoms with van der Waals surface area (Å²) in [5, 5.41) is 20.5. The summed E-state index contributed by atoms with van der Waals surface area (Å²) in [7, 11) is 0. The van der Waals surface area contributed by atoms with Crippen LogP contribution in [0.1, 0.15) is 12.8 Å². The van der Waals surface area contributed by atoms with Crippen molar-refractivity contribution < 1.29 is 15.0 Å². The highest BCUT2D eigenvalue weighted by Gasteiger charge is 2.22. The summed E-state index contributed by atoms with van der Waals surface area (Å²) in [5.41, 5.74) is 0. The zero-order valence-corrected chi connectivity index (χ0v) is 8.28. The summed E-state index contributed by atoms with van der Waals surface area (Å²) in [6, 6.07) is 0.504. The molecule has 0 bridgehead atoms. The Morgan fingerprint density at radius 3 is 2.29 bits per heavy atom. The average Bonchev–Trinajstić information content (AvgIpc) is 2.97. The maximum absolute atomic E-state index is 11.5. The van der Waals surface area contributed by atoms with E-state index < -0.39 is 0 Å². The summed E-state index contributed by atoms with van der Waals surface area (Å²) in [6.45, 7) is 0.784. The van der Waals surface area contributed by atoms with Gasteiger partial charge in [0.2, 0.25) is 5.91 Å². The first-order valence-electron chi connectivity index (χ1n) is 5.00. The highest BCUT2D eigenvalue weighted by molar-refractivity contribution is 5.78. The summed E-state index contributed by atoms with van der Waals surface area (Å²) in [6.07, 6.45) is 2.29. The van der Waals surface area contributed by atoms with Crippen LogP contribution in [-0.4, -0.2) is 59.9 Å². The number of nitrogens with one attached hydrogen (secondary N) is 1. The first kappa shape index (κ1) is 11.4. The maximum atomic E-state index is 11.5. The predicted molar refractivity (Wildman–Crippen MR) is 51.8 cm³/mol. The number of hydrogen-bond donors (Lipinski definition) is 3. The molecule has 1 aliphatic carbocycles. The maximum Gasteiger partial charge on any atom is 0.236 e. The summed E-state index contributed by atoms with van der Waals surface area (Å²) in [4.78, 5) is 13.0. The smallest absolute Gasteiger partial charge is 0.236 e. The highest BCUT2D eigenvalue weighted by Crippen LogP contribution is 2.18. The number of hydrogen-bond acceptors (Lipinski definition) is 4. The minimum atomic E-state index is -0.0603. The number of aliphatic hydroxyl groups is 2. The first-order chi connectivity index (χ1) is 6.77. The largest absolute Gasteiger partial charge is 0.395 e. The van der Waals surface area contributed by atoms with Crippen LogP contribution in [0.4, 0.5) is 0 Å². The normalized spacial score (nSPS) is 15.6. The van der Waals surface area contributed by atoms with Crippen LogP contribution < -0.4 is 5.32 Å². The van der Waals surface area contributed by atoms with Gasteiger partial charge in [0, 0.05) is 19.1 Å². The predicted octanol–water partition coefficient (Wildman–Crippen LogP) is -1.45. The molecule has 1 saturated carbocycles. The minimum absolute atomic E-state index is 0.0556. The van der Waals surface area contributed by atoms with Crippen LogP contribution >= 0.6 is 0 Å². The van der Waals surface area contributed by atoms with Gasteiger partial charge >= 0.3 is 0 Å². The number of rotatable bonds is 7. The van der Waals surface area contributed by atoms with Gasteiger partial charge in [-0.15, -0.1) is 0 Å². The fourth-order valence-electron chi connectivity index (χ4n) is 1.23. The van der Waals surface area contributed by atoms with E-state index in [1.807, 2.05) is 0 Å². The molecule has 0 aromatic carbocycles. The van der Waals surface area contributed by atoms with E-state index in [0.717, 1.165) is 12.8 Å². The van der Waals surface area contributed by atoms with E-state index in [1.54, 1.807) is 0 Å². The van der Waals surface area contributed by atoms with Crippen LogP contribution in [0.15, 0.2) is 0 Å². The molecule has 0 radical (unpaired) electrons. The second kappa shape index (κ2) is 5.95. The Labute approximate surface area is 83.7 Å². The number of amides is 1. The summed E-state index contributed by atoms with van der Waals surface area (Å²) < 4.78 is 0. The van der Waals surface area contributed by atoms with Gasteiger partial charge in [-0.1, -0.05) is 0 Å². The van der Waals surface area contributed by atoms with Crippen LogP contribution in [0.25, 0.3) is 0 Å². The molecule has 3 N–H and O–H groups in total. The monoisotopic (exact) mass is 202 g/mol. The van der Waals surface area contributed by atoms with Gasteiger partial charge in [-0.05, 0) is 12.8 Å². The van der Waals surface area contributed by atoms with Gasteiger partial charge < -0.3 is 20.4 Å². The van der Waals surface area contributed by atoms with E-state index in [-0.39, 0.29) is 19.1 Å². The topological polar surface area (TPSA) is 72.8 Å². The molecule has 5 heteroatoms. The van der Waals surface area contributed by atoms with Crippen molar-refractivity contribution in [3.63, 3.8) is 0 Å². The molecule has 0 saturated heterocycles. The molecule has 0 aliphatic heterocycles. The van der Waals surface area contributed by atoms with Crippen LogP contribution in [0.3, 0.4) is 0 Å². The molecule has 0 spiro atoms. The molecule has 0 heterocycles. The molecule has 5 nitrogen and oxygen atoms in total. The van der Waals surface area contributed by atoms with Crippen molar-refractivity contribution >= 4 is 5.91 Å². The third-order valence-electron chi connectivity index (χ3n) is 2.21.